The molecular weight excluding hydrogens is 324 g/mol. The number of nitrogens with two attached hydrogens (primary N) is 1. The monoisotopic (exact) mass is 344 g/mol. The second-order valence-electron chi connectivity index (χ2n) is 5.35. The molecule has 0 aromatic heterocycles. The van der Waals surface area contributed by atoms with Gasteiger partial charge in [-0.15, -0.1) is 0 Å². The first kappa shape index (κ1) is 16.7. The Morgan fingerprint density at radius 2 is 1.90 bits per heavy atom. The highest BCUT2D eigenvalue weighted by Crippen LogP contribution is 2.27. The molecule has 0 bridgehead atoms. The van der Waals surface area contributed by atoms with Gasteiger partial charge in [0.15, 0.2) is 0 Å². The lowest BCUT2D eigenvalue weighted by Crippen LogP contribution is -2.44. The van der Waals surface area contributed by atoms with Gasteiger partial charge < -0.3 is 5.73 Å². The summed E-state index contributed by atoms with van der Waals surface area (Å²) in [5.74, 6) is -0.0510. The van der Waals surface area contributed by atoms with Crippen LogP contribution in [-0.4, -0.2) is 41.3 Å². The van der Waals surface area contributed by atoms with Crippen molar-refractivity contribution in [2.75, 3.05) is 13.1 Å². The fourth-order valence-corrected chi connectivity index (χ4v) is 5.97. The third-order valence-corrected chi connectivity index (χ3v) is 6.61. The number of benzene rings is 1. The van der Waals surface area contributed by atoms with Gasteiger partial charge in [-0.3, -0.25) is 0 Å². The number of thioether (sulfide) groups is 1. The predicted molar refractivity (Wildman–Crippen MR) is 93.0 cm³/mol. The third-order valence-electron chi connectivity index (χ3n) is 3.40. The van der Waals surface area contributed by atoms with Crippen molar-refractivity contribution in [3.8, 4) is 0 Å². The Morgan fingerprint density at radius 1 is 1.33 bits per heavy atom. The van der Waals surface area contributed by atoms with Crippen molar-refractivity contribution in [2.24, 2.45) is 5.73 Å². The molecule has 1 heterocycles. The molecule has 0 amide bonds. The summed E-state index contributed by atoms with van der Waals surface area (Å²) in [4.78, 5) is 0.233. The number of hydrogen-bond donors (Lipinski definition) is 1. The average Bonchev–Trinajstić information content (AvgIpc) is 2.37. The fourth-order valence-electron chi connectivity index (χ4n) is 2.53. The van der Waals surface area contributed by atoms with Crippen molar-refractivity contribution >= 4 is 39.0 Å². The van der Waals surface area contributed by atoms with Gasteiger partial charge in [-0.05, 0) is 5.56 Å². The fraction of sp³-hybridized carbons (Fsp3) is 0.500. The minimum atomic E-state index is -3.35. The van der Waals surface area contributed by atoms with Gasteiger partial charge in [0.25, 0.3) is 0 Å². The highest BCUT2D eigenvalue weighted by molar-refractivity contribution is 8.00. The minimum Gasteiger partial charge on any atom is -0.389 e. The van der Waals surface area contributed by atoms with Crippen LogP contribution < -0.4 is 5.73 Å². The van der Waals surface area contributed by atoms with E-state index in [2.05, 4.69) is 13.8 Å². The van der Waals surface area contributed by atoms with E-state index < -0.39 is 10.0 Å². The van der Waals surface area contributed by atoms with Crippen molar-refractivity contribution in [3.05, 3.63) is 35.4 Å². The molecule has 2 unspecified atom stereocenters. The van der Waals surface area contributed by atoms with Crippen molar-refractivity contribution < 1.29 is 8.42 Å². The van der Waals surface area contributed by atoms with Crippen LogP contribution >= 0.6 is 24.0 Å². The topological polar surface area (TPSA) is 63.4 Å². The first-order valence-electron chi connectivity index (χ1n) is 6.80. The molecule has 2 rings (SSSR count). The summed E-state index contributed by atoms with van der Waals surface area (Å²) in [5.41, 5.74) is 6.99. The van der Waals surface area contributed by atoms with Crippen LogP contribution in [-0.2, 0) is 15.8 Å². The van der Waals surface area contributed by atoms with Gasteiger partial charge in [-0.2, -0.15) is 16.1 Å². The highest BCUT2D eigenvalue weighted by Gasteiger charge is 2.31. The largest absolute Gasteiger partial charge is 0.389 e. The average molecular weight is 345 g/mol. The Kier molecular flexibility index (Phi) is 5.29. The Hall–Kier alpha value is -0.630. The molecule has 1 aromatic rings. The summed E-state index contributed by atoms with van der Waals surface area (Å²) in [5, 5.41) is 0.628. The summed E-state index contributed by atoms with van der Waals surface area (Å²) in [6, 6.07) is 7.16. The Labute approximate surface area is 136 Å². The van der Waals surface area contributed by atoms with Crippen LogP contribution in [0.5, 0.6) is 0 Å². The van der Waals surface area contributed by atoms with E-state index in [4.69, 9.17) is 18.0 Å². The lowest BCUT2D eigenvalue weighted by Gasteiger charge is -2.33. The van der Waals surface area contributed by atoms with E-state index in [-0.39, 0.29) is 10.7 Å². The normalized spacial score (nSPS) is 23.9. The number of nitrogens with zero attached hydrogens (tertiary/aromatic N) is 1. The summed E-state index contributed by atoms with van der Waals surface area (Å²) >= 11 is 6.83. The maximum absolute atomic E-state index is 12.7. The summed E-state index contributed by atoms with van der Waals surface area (Å²) in [6.45, 7) is 5.25. The zero-order valence-electron chi connectivity index (χ0n) is 12.2. The number of thiocarbonyl (C=S) groups is 1. The molecule has 0 saturated carbocycles. The molecule has 2 atom stereocenters. The third kappa shape index (κ3) is 4.18. The minimum absolute atomic E-state index is 0.0510. The molecule has 0 radical (unpaired) electrons. The summed E-state index contributed by atoms with van der Waals surface area (Å²) in [6.07, 6.45) is 0. The molecule has 0 aliphatic carbocycles. The molecule has 1 aromatic carbocycles. The quantitative estimate of drug-likeness (QED) is 0.846. The zero-order valence-corrected chi connectivity index (χ0v) is 14.6. The second kappa shape index (κ2) is 6.64. The van der Waals surface area contributed by atoms with Gasteiger partial charge in [-0.25, -0.2) is 8.42 Å². The van der Waals surface area contributed by atoms with Crippen LogP contribution in [0.1, 0.15) is 25.0 Å². The lowest BCUT2D eigenvalue weighted by molar-refractivity contribution is 0.404. The SMILES string of the molecule is CC1CN(S(=O)(=O)Cc2ccccc2C(N)=S)CC(C)S1. The van der Waals surface area contributed by atoms with E-state index in [1.165, 1.54) is 0 Å². The first-order valence-corrected chi connectivity index (χ1v) is 9.76. The van der Waals surface area contributed by atoms with Crippen molar-refractivity contribution in [1.29, 1.82) is 0 Å². The van der Waals surface area contributed by atoms with Gasteiger partial charge >= 0.3 is 0 Å². The van der Waals surface area contributed by atoms with E-state index in [1.54, 1.807) is 16.4 Å². The van der Waals surface area contributed by atoms with Crippen molar-refractivity contribution in [3.63, 3.8) is 0 Å². The van der Waals surface area contributed by atoms with Crippen molar-refractivity contribution in [1.82, 2.24) is 4.31 Å². The number of rotatable bonds is 4. The van der Waals surface area contributed by atoms with E-state index in [9.17, 15) is 8.42 Å². The lowest BCUT2D eigenvalue weighted by atomic mass is 10.1. The van der Waals surface area contributed by atoms with Crippen molar-refractivity contribution in [2.45, 2.75) is 30.1 Å². The smallest absolute Gasteiger partial charge is 0.218 e. The number of sulfonamides is 1. The maximum Gasteiger partial charge on any atom is 0.218 e. The molecule has 1 saturated heterocycles. The zero-order chi connectivity index (χ0) is 15.6. The molecule has 116 valence electrons. The van der Waals surface area contributed by atoms with Crippen LogP contribution in [0, 0.1) is 0 Å². The molecule has 7 heteroatoms. The maximum atomic E-state index is 12.7. The second-order valence-corrected chi connectivity index (χ2v) is 9.64. The highest BCUT2D eigenvalue weighted by atomic mass is 32.2. The van der Waals surface area contributed by atoms with Gasteiger partial charge in [0, 0.05) is 29.2 Å². The first-order chi connectivity index (χ1) is 9.79. The van der Waals surface area contributed by atoms with Crippen LogP contribution in [0.15, 0.2) is 24.3 Å². The van der Waals surface area contributed by atoms with Gasteiger partial charge in [0.1, 0.15) is 4.99 Å². The van der Waals surface area contributed by atoms with E-state index in [0.29, 0.717) is 34.7 Å². The Balaban J connectivity index is 2.24. The van der Waals surface area contributed by atoms with Crippen LogP contribution in [0.25, 0.3) is 0 Å². The van der Waals surface area contributed by atoms with E-state index >= 15 is 0 Å². The molecule has 1 fully saturated rings. The molecular formula is C14H20N2O2S3. The standard InChI is InChI=1S/C14H20N2O2S3/c1-10-7-16(8-11(2)20-10)21(17,18)9-12-5-3-4-6-13(12)14(15)19/h3-6,10-11H,7-9H2,1-2H3,(H2,15,19). The van der Waals surface area contributed by atoms with E-state index in [1.807, 2.05) is 23.9 Å². The van der Waals surface area contributed by atoms with Crippen LogP contribution in [0.3, 0.4) is 0 Å². The summed E-state index contributed by atoms with van der Waals surface area (Å²) in [7, 11) is -3.35. The predicted octanol–water partition coefficient (Wildman–Crippen LogP) is 1.98. The number of hydrogen-bond acceptors (Lipinski definition) is 4. The van der Waals surface area contributed by atoms with Gasteiger partial charge in [0.05, 0.1) is 5.75 Å². The molecule has 1 aliphatic rings. The molecule has 21 heavy (non-hydrogen) atoms. The van der Waals surface area contributed by atoms with Gasteiger partial charge in [0.2, 0.25) is 10.0 Å². The molecule has 1 aliphatic heterocycles. The van der Waals surface area contributed by atoms with Crippen LogP contribution in [0.2, 0.25) is 0 Å². The van der Waals surface area contributed by atoms with E-state index in [0.717, 1.165) is 0 Å². The van der Waals surface area contributed by atoms with Crippen LogP contribution in [0.4, 0.5) is 0 Å². The Bertz CT molecular complexity index is 621. The molecule has 0 spiro atoms. The summed E-state index contributed by atoms with van der Waals surface area (Å²) < 4.78 is 26.9. The van der Waals surface area contributed by atoms with Gasteiger partial charge in [-0.1, -0.05) is 50.3 Å². The Morgan fingerprint density at radius 3 is 2.48 bits per heavy atom. The molecule has 2 N–H and O–H groups in total. The molecule has 4 nitrogen and oxygen atoms in total.